The van der Waals surface area contributed by atoms with E-state index in [1.54, 1.807) is 0 Å². The van der Waals surface area contributed by atoms with E-state index in [0.717, 1.165) is 0 Å². The topological polar surface area (TPSA) is 6.48 Å². The maximum atomic E-state index is 2.67. The Bertz CT molecular complexity index is 372. The van der Waals surface area contributed by atoms with Crippen molar-refractivity contribution >= 4 is 0 Å². The van der Waals surface area contributed by atoms with Gasteiger partial charge in [0.15, 0.2) is 0 Å². The maximum absolute atomic E-state index is 2.67. The SMILES string of the molecule is CN1CCN(C(CC(C)(C)C)c2ccccc2)CC1. The molecule has 1 aromatic carbocycles. The first-order valence-electron chi connectivity index (χ1n) is 7.43. The lowest BCUT2D eigenvalue weighted by atomic mass is 9.84. The second-order valence-electron chi connectivity index (χ2n) is 7.03. The molecule has 0 radical (unpaired) electrons. The van der Waals surface area contributed by atoms with Gasteiger partial charge in [-0.15, -0.1) is 0 Å². The van der Waals surface area contributed by atoms with Crippen LogP contribution in [0.5, 0.6) is 0 Å². The highest BCUT2D eigenvalue weighted by Gasteiger charge is 2.27. The predicted octanol–water partition coefficient (Wildman–Crippen LogP) is 3.41. The number of likely N-dealkylation sites (N-methyl/N-ethyl adjacent to an activating group) is 1. The van der Waals surface area contributed by atoms with E-state index in [4.69, 9.17) is 0 Å². The molecule has 106 valence electrons. The van der Waals surface area contributed by atoms with Crippen LogP contribution in [0.3, 0.4) is 0 Å². The molecule has 1 fully saturated rings. The molecule has 0 saturated carbocycles. The zero-order valence-electron chi connectivity index (χ0n) is 12.9. The van der Waals surface area contributed by atoms with Gasteiger partial charge in [0.2, 0.25) is 0 Å². The summed E-state index contributed by atoms with van der Waals surface area (Å²) in [7, 11) is 2.22. The van der Waals surface area contributed by atoms with E-state index in [1.807, 2.05) is 0 Å². The Labute approximate surface area is 118 Å². The highest BCUT2D eigenvalue weighted by Crippen LogP contribution is 2.34. The van der Waals surface area contributed by atoms with Crippen molar-refractivity contribution in [3.63, 3.8) is 0 Å². The smallest absolute Gasteiger partial charge is 0.0354 e. The molecule has 1 atom stereocenters. The van der Waals surface area contributed by atoms with Gasteiger partial charge in [0.25, 0.3) is 0 Å². The normalized spacial score (nSPS) is 20.4. The van der Waals surface area contributed by atoms with Gasteiger partial charge in [0.1, 0.15) is 0 Å². The predicted molar refractivity (Wildman–Crippen MR) is 82.3 cm³/mol. The summed E-state index contributed by atoms with van der Waals surface area (Å²) in [6.07, 6.45) is 1.22. The number of nitrogens with zero attached hydrogens (tertiary/aromatic N) is 2. The van der Waals surface area contributed by atoms with Crippen molar-refractivity contribution in [2.45, 2.75) is 33.2 Å². The largest absolute Gasteiger partial charge is 0.304 e. The molecule has 0 bridgehead atoms. The van der Waals surface area contributed by atoms with Crippen LogP contribution in [0.15, 0.2) is 30.3 Å². The minimum atomic E-state index is 0.365. The van der Waals surface area contributed by atoms with Crippen molar-refractivity contribution < 1.29 is 0 Å². The molecule has 2 rings (SSSR count). The molecule has 0 aliphatic carbocycles. The fraction of sp³-hybridized carbons (Fsp3) is 0.647. The molecule has 1 aromatic rings. The lowest BCUT2D eigenvalue weighted by Crippen LogP contribution is -2.46. The first kappa shape index (κ1) is 14.5. The number of benzene rings is 1. The number of piperazine rings is 1. The van der Waals surface area contributed by atoms with Gasteiger partial charge < -0.3 is 4.90 Å². The van der Waals surface area contributed by atoms with E-state index in [2.05, 4.69) is 68.0 Å². The van der Waals surface area contributed by atoms with Crippen LogP contribution in [-0.4, -0.2) is 43.0 Å². The Hall–Kier alpha value is -0.860. The molecule has 0 aromatic heterocycles. The van der Waals surface area contributed by atoms with Crippen molar-refractivity contribution in [1.29, 1.82) is 0 Å². The second-order valence-corrected chi connectivity index (χ2v) is 7.03. The molecule has 1 unspecified atom stereocenters. The van der Waals surface area contributed by atoms with Crippen LogP contribution in [0.4, 0.5) is 0 Å². The van der Waals surface area contributed by atoms with Crippen LogP contribution < -0.4 is 0 Å². The van der Waals surface area contributed by atoms with E-state index in [0.29, 0.717) is 11.5 Å². The van der Waals surface area contributed by atoms with Gasteiger partial charge in [0.05, 0.1) is 0 Å². The number of hydrogen-bond acceptors (Lipinski definition) is 2. The van der Waals surface area contributed by atoms with Gasteiger partial charge in [-0.25, -0.2) is 0 Å². The van der Waals surface area contributed by atoms with Crippen molar-refractivity contribution in [3.05, 3.63) is 35.9 Å². The molecule has 19 heavy (non-hydrogen) atoms. The van der Waals surface area contributed by atoms with Gasteiger partial charge in [-0.2, -0.15) is 0 Å². The van der Waals surface area contributed by atoms with Crippen LogP contribution in [-0.2, 0) is 0 Å². The number of hydrogen-bond donors (Lipinski definition) is 0. The quantitative estimate of drug-likeness (QED) is 0.822. The summed E-state index contributed by atoms with van der Waals surface area (Å²) in [6, 6.07) is 11.6. The summed E-state index contributed by atoms with van der Waals surface area (Å²) in [6.45, 7) is 11.8. The molecule has 2 heteroatoms. The third kappa shape index (κ3) is 4.32. The van der Waals surface area contributed by atoms with Crippen molar-refractivity contribution in [2.75, 3.05) is 33.2 Å². The molecule has 1 aliphatic heterocycles. The zero-order valence-corrected chi connectivity index (χ0v) is 12.9. The minimum absolute atomic E-state index is 0.365. The standard InChI is InChI=1S/C17H28N2/c1-17(2,3)14-16(15-8-6-5-7-9-15)19-12-10-18(4)11-13-19/h5-9,16H,10-14H2,1-4H3. The molecule has 1 saturated heterocycles. The Morgan fingerprint density at radius 3 is 2.11 bits per heavy atom. The second kappa shape index (κ2) is 6.06. The molecule has 1 heterocycles. The lowest BCUT2D eigenvalue weighted by Gasteiger charge is -2.40. The fourth-order valence-electron chi connectivity index (χ4n) is 2.85. The number of rotatable bonds is 3. The molecule has 0 amide bonds. The average molecular weight is 260 g/mol. The minimum Gasteiger partial charge on any atom is -0.304 e. The van der Waals surface area contributed by atoms with Gasteiger partial charge in [-0.05, 0) is 24.4 Å². The first-order chi connectivity index (χ1) is 8.96. The molecular formula is C17H28N2. The van der Waals surface area contributed by atoms with Crippen LogP contribution in [0.1, 0.15) is 38.8 Å². The van der Waals surface area contributed by atoms with E-state index in [-0.39, 0.29) is 0 Å². The van der Waals surface area contributed by atoms with Crippen molar-refractivity contribution in [1.82, 2.24) is 9.80 Å². The lowest BCUT2D eigenvalue weighted by molar-refractivity contribution is 0.0878. The Morgan fingerprint density at radius 1 is 1.00 bits per heavy atom. The molecule has 0 spiro atoms. The molecule has 0 N–H and O–H groups in total. The van der Waals surface area contributed by atoms with E-state index >= 15 is 0 Å². The summed E-state index contributed by atoms with van der Waals surface area (Å²) < 4.78 is 0. The van der Waals surface area contributed by atoms with Crippen LogP contribution in [0, 0.1) is 5.41 Å². The van der Waals surface area contributed by atoms with E-state index in [1.165, 1.54) is 38.2 Å². The third-order valence-electron chi connectivity index (χ3n) is 3.97. The van der Waals surface area contributed by atoms with Crippen molar-refractivity contribution in [3.8, 4) is 0 Å². The summed E-state index contributed by atoms with van der Waals surface area (Å²) >= 11 is 0. The summed E-state index contributed by atoms with van der Waals surface area (Å²) in [5, 5.41) is 0. The molecule has 2 nitrogen and oxygen atoms in total. The van der Waals surface area contributed by atoms with Crippen molar-refractivity contribution in [2.24, 2.45) is 5.41 Å². The van der Waals surface area contributed by atoms with E-state index in [9.17, 15) is 0 Å². The summed E-state index contributed by atoms with van der Waals surface area (Å²) in [4.78, 5) is 5.09. The van der Waals surface area contributed by atoms with Crippen LogP contribution >= 0.6 is 0 Å². The average Bonchev–Trinajstić information content (AvgIpc) is 2.37. The Kier molecular flexibility index (Phi) is 4.64. The Morgan fingerprint density at radius 2 is 1.58 bits per heavy atom. The maximum Gasteiger partial charge on any atom is 0.0354 e. The highest BCUT2D eigenvalue weighted by atomic mass is 15.3. The van der Waals surface area contributed by atoms with Gasteiger partial charge in [-0.1, -0.05) is 51.1 Å². The third-order valence-corrected chi connectivity index (χ3v) is 3.97. The molecular weight excluding hydrogens is 232 g/mol. The van der Waals surface area contributed by atoms with Gasteiger partial charge in [-0.3, -0.25) is 4.90 Å². The fourth-order valence-corrected chi connectivity index (χ4v) is 2.85. The summed E-state index contributed by atoms with van der Waals surface area (Å²) in [5.41, 5.74) is 1.84. The Balaban J connectivity index is 2.15. The zero-order chi connectivity index (χ0) is 13.9. The van der Waals surface area contributed by atoms with E-state index < -0.39 is 0 Å². The van der Waals surface area contributed by atoms with Crippen LogP contribution in [0.25, 0.3) is 0 Å². The first-order valence-corrected chi connectivity index (χ1v) is 7.43. The molecule has 1 aliphatic rings. The summed E-state index contributed by atoms with van der Waals surface area (Å²) in [5.74, 6) is 0. The monoisotopic (exact) mass is 260 g/mol. The van der Waals surface area contributed by atoms with Gasteiger partial charge in [0, 0.05) is 32.2 Å². The highest BCUT2D eigenvalue weighted by molar-refractivity contribution is 5.19. The van der Waals surface area contributed by atoms with Gasteiger partial charge >= 0.3 is 0 Å². The van der Waals surface area contributed by atoms with Crippen LogP contribution in [0.2, 0.25) is 0 Å².